The van der Waals surface area contributed by atoms with Gasteiger partial charge in [-0.2, -0.15) is 5.10 Å². The number of rotatable bonds is 4. The molecule has 3 aromatic rings. The number of halogens is 2. The van der Waals surface area contributed by atoms with Gasteiger partial charge in [-0.25, -0.2) is 4.39 Å². The lowest BCUT2D eigenvalue weighted by Gasteiger charge is -2.04. The van der Waals surface area contributed by atoms with Crippen molar-refractivity contribution in [1.82, 2.24) is 14.8 Å². The summed E-state index contributed by atoms with van der Waals surface area (Å²) in [4.78, 5) is 16.3. The van der Waals surface area contributed by atoms with Crippen LogP contribution < -0.4 is 5.32 Å². The van der Waals surface area contributed by atoms with Gasteiger partial charge in [-0.15, -0.1) is 0 Å². The summed E-state index contributed by atoms with van der Waals surface area (Å²) in [6.07, 6.45) is 3.44. The Morgan fingerprint density at radius 3 is 2.87 bits per heavy atom. The van der Waals surface area contributed by atoms with Crippen LogP contribution in [0.5, 0.6) is 0 Å². The molecule has 1 N–H and O–H groups in total. The van der Waals surface area contributed by atoms with Gasteiger partial charge in [0.1, 0.15) is 5.82 Å². The highest BCUT2D eigenvalue weighted by atomic mass is 35.5. The number of anilines is 1. The smallest absolute Gasteiger partial charge is 0.258 e. The Kier molecular flexibility index (Phi) is 4.34. The molecule has 0 aliphatic heterocycles. The number of hydrogen-bond donors (Lipinski definition) is 1. The number of nitrogens with one attached hydrogen (secondary N) is 1. The molecule has 0 spiro atoms. The largest absolute Gasteiger partial charge is 0.305 e. The second kappa shape index (κ2) is 6.58. The van der Waals surface area contributed by atoms with E-state index in [0.29, 0.717) is 12.4 Å². The highest BCUT2D eigenvalue weighted by Gasteiger charge is 2.12. The van der Waals surface area contributed by atoms with Crippen LogP contribution in [-0.2, 0) is 6.54 Å². The topological polar surface area (TPSA) is 59.8 Å². The molecular formula is C16H12ClFN4O. The van der Waals surface area contributed by atoms with Crippen molar-refractivity contribution < 1.29 is 9.18 Å². The number of benzene rings is 1. The van der Waals surface area contributed by atoms with Crippen LogP contribution >= 0.6 is 11.6 Å². The van der Waals surface area contributed by atoms with Crippen LogP contribution in [0, 0.1) is 5.82 Å². The lowest BCUT2D eigenvalue weighted by molar-refractivity contribution is 0.102. The van der Waals surface area contributed by atoms with E-state index in [1.807, 2.05) is 18.2 Å². The summed E-state index contributed by atoms with van der Waals surface area (Å²) >= 11 is 5.87. The van der Waals surface area contributed by atoms with Crippen LogP contribution in [0.2, 0.25) is 5.02 Å². The van der Waals surface area contributed by atoms with E-state index in [4.69, 9.17) is 11.6 Å². The standard InChI is InChI=1S/C16H12ClFN4O/c17-14-9-11(18)4-5-13(14)16(23)20-15-6-8-22(21-15)10-12-3-1-2-7-19-12/h1-9H,10H2,(H,20,21,23). The van der Waals surface area contributed by atoms with Crippen molar-refractivity contribution >= 4 is 23.3 Å². The first-order valence-electron chi connectivity index (χ1n) is 6.81. The molecule has 0 fully saturated rings. The van der Waals surface area contributed by atoms with Gasteiger partial charge in [0.25, 0.3) is 5.91 Å². The van der Waals surface area contributed by atoms with Crippen LogP contribution in [0.15, 0.2) is 54.9 Å². The summed E-state index contributed by atoms with van der Waals surface area (Å²) in [7, 11) is 0. The molecule has 0 radical (unpaired) electrons. The Hall–Kier alpha value is -2.73. The number of carbonyl (C=O) groups excluding carboxylic acids is 1. The van der Waals surface area contributed by atoms with E-state index in [2.05, 4.69) is 15.4 Å². The van der Waals surface area contributed by atoms with Gasteiger partial charge in [-0.3, -0.25) is 14.5 Å². The summed E-state index contributed by atoms with van der Waals surface area (Å²) in [5.41, 5.74) is 1.04. The Labute approximate surface area is 136 Å². The second-order valence-corrected chi connectivity index (χ2v) is 5.21. The first kappa shape index (κ1) is 15.2. The van der Waals surface area contributed by atoms with Gasteiger partial charge in [-0.1, -0.05) is 17.7 Å². The molecule has 0 unspecified atom stereocenters. The third-order valence-electron chi connectivity index (χ3n) is 3.11. The Morgan fingerprint density at radius 1 is 1.26 bits per heavy atom. The molecule has 2 heterocycles. The monoisotopic (exact) mass is 330 g/mol. The molecule has 0 aliphatic rings. The zero-order chi connectivity index (χ0) is 16.2. The zero-order valence-electron chi connectivity index (χ0n) is 11.9. The quantitative estimate of drug-likeness (QED) is 0.798. The number of carbonyl (C=O) groups is 1. The number of pyridine rings is 1. The van der Waals surface area contributed by atoms with Crippen LogP contribution in [0.25, 0.3) is 0 Å². The lowest BCUT2D eigenvalue weighted by Crippen LogP contribution is -2.13. The van der Waals surface area contributed by atoms with Crippen molar-refractivity contribution in [2.75, 3.05) is 5.32 Å². The molecule has 2 aromatic heterocycles. The molecule has 1 amide bonds. The van der Waals surface area contributed by atoms with Crippen molar-refractivity contribution in [3.8, 4) is 0 Å². The van der Waals surface area contributed by atoms with Crippen LogP contribution in [0.1, 0.15) is 16.1 Å². The van der Waals surface area contributed by atoms with Gasteiger partial charge in [0, 0.05) is 18.5 Å². The van der Waals surface area contributed by atoms with E-state index >= 15 is 0 Å². The molecule has 0 aliphatic carbocycles. The summed E-state index contributed by atoms with van der Waals surface area (Å²) in [5, 5.41) is 6.92. The first-order valence-corrected chi connectivity index (χ1v) is 7.19. The maximum absolute atomic E-state index is 13.0. The first-order chi connectivity index (χ1) is 11.1. The fourth-order valence-electron chi connectivity index (χ4n) is 2.03. The molecule has 116 valence electrons. The average Bonchev–Trinajstić information content (AvgIpc) is 2.95. The zero-order valence-corrected chi connectivity index (χ0v) is 12.7. The molecule has 0 saturated heterocycles. The van der Waals surface area contributed by atoms with E-state index in [9.17, 15) is 9.18 Å². The van der Waals surface area contributed by atoms with Gasteiger partial charge in [0.15, 0.2) is 5.82 Å². The van der Waals surface area contributed by atoms with E-state index in [0.717, 1.165) is 11.8 Å². The third-order valence-corrected chi connectivity index (χ3v) is 3.42. The van der Waals surface area contributed by atoms with Crippen LogP contribution in [0.3, 0.4) is 0 Å². The molecular weight excluding hydrogens is 319 g/mol. The minimum absolute atomic E-state index is 0.0513. The SMILES string of the molecule is O=C(Nc1ccn(Cc2ccccn2)n1)c1ccc(F)cc1Cl. The van der Waals surface area contributed by atoms with Gasteiger partial charge in [0.05, 0.1) is 22.8 Å². The van der Waals surface area contributed by atoms with Gasteiger partial charge in [0.2, 0.25) is 0 Å². The predicted octanol–water partition coefficient (Wildman–Crippen LogP) is 3.37. The molecule has 0 atom stereocenters. The molecule has 0 bridgehead atoms. The van der Waals surface area contributed by atoms with E-state index < -0.39 is 11.7 Å². The summed E-state index contributed by atoms with van der Waals surface area (Å²) in [5.74, 6) is -0.560. The fourth-order valence-corrected chi connectivity index (χ4v) is 2.28. The normalized spacial score (nSPS) is 10.5. The van der Waals surface area contributed by atoms with Crippen molar-refractivity contribution in [3.05, 3.63) is 77.0 Å². The molecule has 3 rings (SSSR count). The Bertz CT molecular complexity index is 835. The number of aromatic nitrogens is 3. The minimum Gasteiger partial charge on any atom is -0.305 e. The van der Waals surface area contributed by atoms with Crippen molar-refractivity contribution in [1.29, 1.82) is 0 Å². The van der Waals surface area contributed by atoms with E-state index in [-0.39, 0.29) is 10.6 Å². The Morgan fingerprint density at radius 2 is 2.13 bits per heavy atom. The van der Waals surface area contributed by atoms with Gasteiger partial charge < -0.3 is 5.32 Å². The van der Waals surface area contributed by atoms with Crippen molar-refractivity contribution in [2.24, 2.45) is 0 Å². The Balaban J connectivity index is 1.70. The highest BCUT2D eigenvalue weighted by molar-refractivity contribution is 6.34. The summed E-state index contributed by atoms with van der Waals surface area (Å²) < 4.78 is 14.7. The number of amides is 1. The maximum atomic E-state index is 13.0. The number of nitrogens with zero attached hydrogens (tertiary/aromatic N) is 3. The van der Waals surface area contributed by atoms with Crippen LogP contribution in [0.4, 0.5) is 10.2 Å². The maximum Gasteiger partial charge on any atom is 0.258 e. The average molecular weight is 331 g/mol. The molecule has 0 saturated carbocycles. The molecule has 7 heteroatoms. The van der Waals surface area contributed by atoms with Crippen LogP contribution in [-0.4, -0.2) is 20.7 Å². The highest BCUT2D eigenvalue weighted by Crippen LogP contribution is 2.18. The molecule has 5 nitrogen and oxygen atoms in total. The second-order valence-electron chi connectivity index (χ2n) is 4.80. The minimum atomic E-state index is -0.494. The molecule has 23 heavy (non-hydrogen) atoms. The third kappa shape index (κ3) is 3.73. The lowest BCUT2D eigenvalue weighted by atomic mass is 10.2. The van der Waals surface area contributed by atoms with Gasteiger partial charge >= 0.3 is 0 Å². The molecule has 1 aromatic carbocycles. The van der Waals surface area contributed by atoms with Crippen molar-refractivity contribution in [2.45, 2.75) is 6.54 Å². The summed E-state index contributed by atoms with van der Waals surface area (Å²) in [6, 6.07) is 10.9. The summed E-state index contributed by atoms with van der Waals surface area (Å²) in [6.45, 7) is 0.494. The number of hydrogen-bond acceptors (Lipinski definition) is 3. The van der Waals surface area contributed by atoms with Gasteiger partial charge in [-0.05, 0) is 30.3 Å². The fraction of sp³-hybridized carbons (Fsp3) is 0.0625. The van der Waals surface area contributed by atoms with E-state index in [1.165, 1.54) is 12.1 Å². The predicted molar refractivity (Wildman–Crippen MR) is 84.9 cm³/mol. The van der Waals surface area contributed by atoms with Crippen molar-refractivity contribution in [3.63, 3.8) is 0 Å². The van der Waals surface area contributed by atoms with E-state index in [1.54, 1.807) is 23.1 Å².